The molecule has 5 N–H and O–H groups in total. The van der Waals surface area contributed by atoms with E-state index in [4.69, 9.17) is 14.7 Å². The highest BCUT2D eigenvalue weighted by Gasteiger charge is 2.12. The van der Waals surface area contributed by atoms with Crippen molar-refractivity contribution in [3.05, 3.63) is 182 Å². The number of aromatic nitrogens is 1. The Morgan fingerprint density at radius 2 is 1.25 bits per heavy atom. The average Bonchev–Trinajstić information content (AvgIpc) is 3.91. The molecule has 0 atom stereocenters. The number of nitro benzene ring substituents is 2. The summed E-state index contributed by atoms with van der Waals surface area (Å²) in [4.78, 5) is 54.8. The number of rotatable bonds is 10. The monoisotopic (exact) mass is 723 g/mol. The normalized spacial score (nSPS) is 9.98. The molecule has 2 aromatic heterocycles. The van der Waals surface area contributed by atoms with Gasteiger partial charge in [-0.3, -0.25) is 34.6 Å². The van der Waals surface area contributed by atoms with E-state index in [2.05, 4.69) is 21.1 Å². The van der Waals surface area contributed by atoms with Crippen LogP contribution in [0, 0.1) is 26.0 Å². The van der Waals surface area contributed by atoms with E-state index >= 15 is 0 Å². The first-order valence-electron chi connectivity index (χ1n) is 15.4. The van der Waals surface area contributed by atoms with Gasteiger partial charge in [-0.15, -0.1) is 0 Å². The number of hydrogen-bond donors (Lipinski definition) is 4. The van der Waals surface area contributed by atoms with Crippen molar-refractivity contribution in [3.8, 4) is 0 Å². The van der Waals surface area contributed by atoms with Gasteiger partial charge in [-0.1, -0.05) is 41.6 Å². The Labute approximate surface area is 299 Å². The molecule has 0 unspecified atom stereocenters. The topological polar surface area (TPSA) is 239 Å². The third kappa shape index (κ3) is 12.0. The van der Waals surface area contributed by atoms with Gasteiger partial charge in [0.2, 0.25) is 5.76 Å². The van der Waals surface area contributed by atoms with Gasteiger partial charge in [-0.2, -0.15) is 0 Å². The van der Waals surface area contributed by atoms with Gasteiger partial charge in [0, 0.05) is 54.8 Å². The molecular weight excluding hydrogens is 693 g/mol. The molecule has 0 saturated heterocycles. The second kappa shape index (κ2) is 18.9. The van der Waals surface area contributed by atoms with E-state index in [1.807, 2.05) is 0 Å². The molecule has 17 heteroatoms. The minimum absolute atomic E-state index is 0.0193. The van der Waals surface area contributed by atoms with Crippen molar-refractivity contribution in [1.82, 2.24) is 15.8 Å². The van der Waals surface area contributed by atoms with Crippen LogP contribution >= 0.6 is 0 Å². The molecule has 2 heterocycles. The van der Waals surface area contributed by atoms with Crippen molar-refractivity contribution in [1.29, 1.82) is 0 Å². The van der Waals surface area contributed by atoms with Gasteiger partial charge in [-0.05, 0) is 59.7 Å². The van der Waals surface area contributed by atoms with Crippen LogP contribution in [-0.4, -0.2) is 32.7 Å². The van der Waals surface area contributed by atoms with Crippen LogP contribution in [0.25, 0.3) is 0 Å². The molecule has 0 fully saturated rings. The summed E-state index contributed by atoms with van der Waals surface area (Å²) >= 11 is 0. The molecule has 0 aliphatic heterocycles. The molecule has 3 amide bonds. The van der Waals surface area contributed by atoms with E-state index in [9.17, 15) is 39.0 Å². The third-order valence-electron chi connectivity index (χ3n) is 6.89. The van der Waals surface area contributed by atoms with E-state index in [0.717, 1.165) is 5.56 Å². The molecule has 0 bridgehead atoms. The predicted molar refractivity (Wildman–Crippen MR) is 189 cm³/mol. The summed E-state index contributed by atoms with van der Waals surface area (Å²) in [5.74, 6) is -1.37. The molecule has 53 heavy (non-hydrogen) atoms. The summed E-state index contributed by atoms with van der Waals surface area (Å²) in [5, 5.41) is 32.2. The minimum Gasteiger partial charge on any atom is -0.459 e. The molecule has 6 rings (SSSR count). The van der Waals surface area contributed by atoms with Crippen molar-refractivity contribution in [2.45, 2.75) is 13.1 Å². The van der Waals surface area contributed by atoms with E-state index in [-0.39, 0.29) is 53.4 Å². The quantitative estimate of drug-likeness (QED) is 0.0695. The van der Waals surface area contributed by atoms with E-state index in [1.165, 1.54) is 61.0 Å². The maximum absolute atomic E-state index is 13.4. The maximum atomic E-state index is 13.4. The number of nitrogens with zero attached hydrogens (tertiary/aromatic N) is 3. The summed E-state index contributed by atoms with van der Waals surface area (Å²) in [5.41, 5.74) is 8.26. The Bertz CT molecular complexity index is 2120. The minimum atomic E-state index is -0.589. The highest BCUT2D eigenvalue weighted by Crippen LogP contribution is 2.14. The maximum Gasteiger partial charge on any atom is 0.294 e. The lowest BCUT2D eigenvalue weighted by atomic mass is 10.1. The Morgan fingerprint density at radius 3 is 1.74 bits per heavy atom. The van der Waals surface area contributed by atoms with Gasteiger partial charge in [0.15, 0.2) is 5.76 Å². The highest BCUT2D eigenvalue weighted by molar-refractivity contribution is 6.02. The molecule has 0 aliphatic carbocycles. The second-order valence-corrected chi connectivity index (χ2v) is 10.6. The van der Waals surface area contributed by atoms with Crippen molar-refractivity contribution < 1.29 is 37.6 Å². The SMILES string of the molecule is Nc1ccc(NC(=O)c2ccno2)cc1.O=C(NCc1ccc([N+](=O)[O-])cc1)c1ccccc1F.O=C(NCc1ccc([N+](=O)[O-])cc1)c1ccco1. The van der Waals surface area contributed by atoms with Crippen molar-refractivity contribution in [3.63, 3.8) is 0 Å². The number of non-ortho nitro benzene ring substituents is 2. The molecule has 4 aromatic carbocycles. The van der Waals surface area contributed by atoms with Crippen molar-refractivity contribution in [2.24, 2.45) is 0 Å². The van der Waals surface area contributed by atoms with E-state index in [1.54, 1.807) is 66.7 Å². The first kappa shape index (κ1) is 38.1. The van der Waals surface area contributed by atoms with Gasteiger partial charge in [0.25, 0.3) is 29.1 Å². The van der Waals surface area contributed by atoms with Crippen LogP contribution in [0.2, 0.25) is 0 Å². The summed E-state index contributed by atoms with van der Waals surface area (Å²) < 4.78 is 23.0. The lowest BCUT2D eigenvalue weighted by Gasteiger charge is -2.06. The van der Waals surface area contributed by atoms with E-state index in [0.29, 0.717) is 16.9 Å². The van der Waals surface area contributed by atoms with Gasteiger partial charge in [0.1, 0.15) is 5.82 Å². The number of furan rings is 1. The van der Waals surface area contributed by atoms with Gasteiger partial charge in [0.05, 0.1) is 27.9 Å². The number of nitrogen functional groups attached to an aromatic ring is 1. The highest BCUT2D eigenvalue weighted by atomic mass is 19.1. The molecular formula is C36H30FN7O9. The number of nitro groups is 2. The summed E-state index contributed by atoms with van der Waals surface area (Å²) in [6, 6.07) is 29.0. The number of carbonyl (C=O) groups excluding carboxylic acids is 3. The van der Waals surface area contributed by atoms with Gasteiger partial charge in [-0.25, -0.2) is 4.39 Å². The zero-order valence-corrected chi connectivity index (χ0v) is 27.5. The zero-order valence-electron chi connectivity index (χ0n) is 27.5. The Hall–Kier alpha value is -7.69. The number of benzene rings is 4. The molecule has 16 nitrogen and oxygen atoms in total. The summed E-state index contributed by atoms with van der Waals surface area (Å²) in [6.45, 7) is 0.461. The number of nitrogens with two attached hydrogens (primary N) is 1. The summed E-state index contributed by atoms with van der Waals surface area (Å²) in [7, 11) is 0. The number of amides is 3. The van der Waals surface area contributed by atoms with Crippen LogP contribution in [0.15, 0.2) is 137 Å². The smallest absolute Gasteiger partial charge is 0.294 e. The fourth-order valence-electron chi connectivity index (χ4n) is 4.16. The standard InChI is InChI=1S/C14H11FN2O3.C12H10N2O4.C10H9N3O2/c15-13-4-2-1-3-12(13)14(18)16-9-10-5-7-11(8-6-10)17(19)20;15-12(11-2-1-7-18-11)13-8-9-3-5-10(6-4-9)14(16)17;11-7-1-3-8(4-2-7)13-10(14)9-5-6-12-15-9/h1-8H,9H2,(H,16,18);1-7H,8H2,(H,13,15);1-6H,11H2,(H,13,14). The predicted octanol–water partition coefficient (Wildman–Crippen LogP) is 6.29. The number of hydrogen-bond acceptors (Lipinski definition) is 11. The van der Waals surface area contributed by atoms with Crippen molar-refractivity contribution in [2.75, 3.05) is 11.1 Å². The first-order chi connectivity index (χ1) is 25.5. The lowest BCUT2D eigenvalue weighted by Crippen LogP contribution is -2.23. The van der Waals surface area contributed by atoms with Crippen LogP contribution < -0.4 is 21.7 Å². The lowest BCUT2D eigenvalue weighted by molar-refractivity contribution is -0.385. The zero-order chi connectivity index (χ0) is 38.2. The Morgan fingerprint density at radius 1 is 0.679 bits per heavy atom. The molecule has 270 valence electrons. The number of halogens is 1. The largest absolute Gasteiger partial charge is 0.459 e. The molecule has 0 saturated carbocycles. The number of carbonyl (C=O) groups is 3. The van der Waals surface area contributed by atoms with Crippen LogP contribution in [-0.2, 0) is 13.1 Å². The van der Waals surface area contributed by atoms with Crippen LogP contribution in [0.4, 0.5) is 27.1 Å². The van der Waals surface area contributed by atoms with Crippen molar-refractivity contribution >= 4 is 40.5 Å². The fraction of sp³-hybridized carbons (Fsp3) is 0.0556. The molecule has 0 radical (unpaired) electrons. The summed E-state index contributed by atoms with van der Waals surface area (Å²) in [6.07, 6.45) is 2.83. The Balaban J connectivity index is 0.000000179. The van der Waals surface area contributed by atoms with Crippen LogP contribution in [0.1, 0.15) is 42.6 Å². The van der Waals surface area contributed by atoms with Gasteiger partial charge < -0.3 is 30.6 Å². The molecule has 6 aromatic rings. The van der Waals surface area contributed by atoms with E-state index < -0.39 is 21.6 Å². The molecule has 0 spiro atoms. The number of nitrogens with one attached hydrogen (secondary N) is 3. The molecule has 0 aliphatic rings. The fourth-order valence-corrected chi connectivity index (χ4v) is 4.16. The van der Waals surface area contributed by atoms with Crippen LogP contribution in [0.5, 0.6) is 0 Å². The second-order valence-electron chi connectivity index (χ2n) is 10.6. The third-order valence-corrected chi connectivity index (χ3v) is 6.89. The average molecular weight is 724 g/mol. The number of anilines is 2. The first-order valence-corrected chi connectivity index (χ1v) is 15.4. The van der Waals surface area contributed by atoms with Gasteiger partial charge >= 0.3 is 0 Å². The van der Waals surface area contributed by atoms with Crippen LogP contribution in [0.3, 0.4) is 0 Å². The Kier molecular flexibility index (Phi) is 13.6.